The second kappa shape index (κ2) is 11.4. The third-order valence-electron chi connectivity index (χ3n) is 4.26. The number of phenols is 1. The molecule has 0 aliphatic carbocycles. The van der Waals surface area contributed by atoms with Gasteiger partial charge in [-0.05, 0) is 29.8 Å². The van der Waals surface area contributed by atoms with E-state index < -0.39 is 43.3 Å². The molecule has 1 saturated heterocycles. The van der Waals surface area contributed by atoms with Crippen molar-refractivity contribution in [3.63, 3.8) is 0 Å². The molecule has 0 bridgehead atoms. The Hall–Kier alpha value is -2.78. The average Bonchev–Trinajstić information content (AvgIpc) is 2.75. The van der Waals surface area contributed by atoms with E-state index in [1.807, 2.05) is 6.07 Å². The summed E-state index contributed by atoms with van der Waals surface area (Å²) in [5.41, 5.74) is 0.750. The van der Waals surface area contributed by atoms with E-state index in [0.717, 1.165) is 0 Å². The number of rotatable bonds is 8. The molecular formula is C20H23NO9. The van der Waals surface area contributed by atoms with Gasteiger partial charge in [-0.1, -0.05) is 12.1 Å². The monoisotopic (exact) mass is 421 g/mol. The summed E-state index contributed by atoms with van der Waals surface area (Å²) < 4.78 is 15.4. The Bertz CT molecular complexity index is 797. The molecule has 0 aromatic heterocycles. The van der Waals surface area contributed by atoms with Gasteiger partial charge >= 0.3 is 5.97 Å². The number of ether oxygens (including phenoxy) is 3. The lowest BCUT2D eigenvalue weighted by molar-refractivity contribution is -0.298. The van der Waals surface area contributed by atoms with Gasteiger partial charge in [0.2, 0.25) is 0 Å². The Morgan fingerprint density at radius 1 is 1.17 bits per heavy atom. The summed E-state index contributed by atoms with van der Waals surface area (Å²) in [5, 5.41) is 56.7. The molecule has 0 saturated carbocycles. The number of hydrogen-bond acceptors (Lipinski definition) is 10. The van der Waals surface area contributed by atoms with E-state index in [1.54, 1.807) is 12.1 Å². The van der Waals surface area contributed by atoms with E-state index >= 15 is 0 Å². The van der Waals surface area contributed by atoms with Crippen molar-refractivity contribution in [2.24, 2.45) is 0 Å². The van der Waals surface area contributed by atoms with Crippen LogP contribution < -0.4 is 0 Å². The van der Waals surface area contributed by atoms with Gasteiger partial charge < -0.3 is 39.7 Å². The lowest BCUT2D eigenvalue weighted by atomic mass is 9.99. The number of nitrogens with zero attached hydrogens (tertiary/aromatic N) is 1. The lowest BCUT2D eigenvalue weighted by Crippen LogP contribution is -2.59. The summed E-state index contributed by atoms with van der Waals surface area (Å²) in [6.45, 7) is -1.11. The Balaban J connectivity index is 1.82. The van der Waals surface area contributed by atoms with Crippen molar-refractivity contribution in [3.8, 4) is 11.8 Å². The first-order valence-electron chi connectivity index (χ1n) is 9.00. The molecule has 10 heteroatoms. The van der Waals surface area contributed by atoms with Crippen molar-refractivity contribution in [2.45, 2.75) is 30.7 Å². The van der Waals surface area contributed by atoms with Crippen molar-refractivity contribution >= 4 is 12.0 Å². The summed E-state index contributed by atoms with van der Waals surface area (Å²) in [6, 6.07) is 7.99. The fourth-order valence-electron chi connectivity index (χ4n) is 2.53. The highest BCUT2D eigenvalue weighted by molar-refractivity contribution is 5.87. The average molecular weight is 421 g/mol. The highest BCUT2D eigenvalue weighted by Gasteiger charge is 2.43. The van der Waals surface area contributed by atoms with Crippen molar-refractivity contribution in [2.75, 3.05) is 19.8 Å². The molecule has 10 nitrogen and oxygen atoms in total. The van der Waals surface area contributed by atoms with Crippen molar-refractivity contribution in [1.29, 1.82) is 5.26 Å². The molecule has 1 aromatic rings. The minimum atomic E-state index is -1.57. The number of aromatic hydroxyl groups is 1. The van der Waals surface area contributed by atoms with Crippen LogP contribution in [0.2, 0.25) is 0 Å². The van der Waals surface area contributed by atoms with Gasteiger partial charge in [-0.15, -0.1) is 0 Å². The van der Waals surface area contributed by atoms with E-state index in [0.29, 0.717) is 5.56 Å². The fourth-order valence-corrected chi connectivity index (χ4v) is 2.53. The first-order valence-corrected chi connectivity index (χ1v) is 9.00. The molecule has 1 aromatic carbocycles. The minimum Gasteiger partial charge on any atom is -0.508 e. The van der Waals surface area contributed by atoms with Gasteiger partial charge in [0.05, 0.1) is 24.9 Å². The summed E-state index contributed by atoms with van der Waals surface area (Å²) in [7, 11) is 0. The zero-order valence-electron chi connectivity index (χ0n) is 15.9. The summed E-state index contributed by atoms with van der Waals surface area (Å²) >= 11 is 0. The van der Waals surface area contributed by atoms with E-state index in [2.05, 4.69) is 0 Å². The predicted molar refractivity (Wildman–Crippen MR) is 102 cm³/mol. The largest absolute Gasteiger partial charge is 0.508 e. The van der Waals surface area contributed by atoms with Crippen molar-refractivity contribution in [1.82, 2.24) is 0 Å². The standard InChI is InChI=1S/C20H23NO9/c21-9-13(11-29-16(24)6-3-12-1-4-14(23)5-2-12)7-8-28-20-19(27)18(26)17(25)15(10-22)30-20/h1-7,15,17-20,22-23,25-27H,8,10-11H2/b6-3+,13-7-/t15-,17-,18+,19-,20-/m1/s1. The van der Waals surface area contributed by atoms with Gasteiger partial charge in [0, 0.05) is 6.08 Å². The highest BCUT2D eigenvalue weighted by Crippen LogP contribution is 2.22. The highest BCUT2D eigenvalue weighted by atomic mass is 16.7. The number of carbonyl (C=O) groups excluding carboxylic acids is 1. The maximum absolute atomic E-state index is 11.7. The van der Waals surface area contributed by atoms with Gasteiger partial charge in [0.1, 0.15) is 36.8 Å². The normalized spacial score (nSPS) is 27.0. The Kier molecular flexibility index (Phi) is 8.94. The van der Waals surface area contributed by atoms with Crippen LogP contribution in [0.15, 0.2) is 42.0 Å². The molecule has 0 spiro atoms. The van der Waals surface area contributed by atoms with Crippen molar-refractivity contribution < 1.29 is 44.5 Å². The van der Waals surface area contributed by atoms with Gasteiger partial charge in [0.15, 0.2) is 6.29 Å². The zero-order valence-corrected chi connectivity index (χ0v) is 15.9. The third kappa shape index (κ3) is 6.64. The van der Waals surface area contributed by atoms with Crippen LogP contribution in [0.4, 0.5) is 0 Å². The molecule has 1 aliphatic rings. The fraction of sp³-hybridized carbons (Fsp3) is 0.400. The summed E-state index contributed by atoms with van der Waals surface area (Å²) in [4.78, 5) is 11.7. The number of nitriles is 1. The third-order valence-corrected chi connectivity index (χ3v) is 4.26. The molecule has 5 atom stereocenters. The topological polar surface area (TPSA) is 170 Å². The molecule has 162 valence electrons. The first-order chi connectivity index (χ1) is 14.3. The molecule has 0 unspecified atom stereocenters. The summed E-state index contributed by atoms with van der Waals surface area (Å²) in [6.07, 6.45) is -3.08. The number of hydrogen-bond donors (Lipinski definition) is 5. The number of carbonyl (C=O) groups is 1. The molecule has 2 rings (SSSR count). The minimum absolute atomic E-state index is 0.0750. The Morgan fingerprint density at radius 2 is 1.87 bits per heavy atom. The molecule has 0 radical (unpaired) electrons. The van der Waals surface area contributed by atoms with Crippen LogP contribution in [0.3, 0.4) is 0 Å². The van der Waals surface area contributed by atoms with Crippen LogP contribution in [0.1, 0.15) is 5.56 Å². The summed E-state index contributed by atoms with van der Waals surface area (Å²) in [5.74, 6) is -0.580. The number of aliphatic hydroxyl groups is 4. The Morgan fingerprint density at radius 3 is 2.50 bits per heavy atom. The van der Waals surface area contributed by atoms with Gasteiger partial charge in [-0.2, -0.15) is 5.26 Å². The second-order valence-corrected chi connectivity index (χ2v) is 6.40. The van der Waals surface area contributed by atoms with Gasteiger partial charge in [-0.25, -0.2) is 4.79 Å². The predicted octanol–water partition coefficient (Wildman–Crippen LogP) is -0.785. The van der Waals surface area contributed by atoms with E-state index in [1.165, 1.54) is 30.4 Å². The number of esters is 1. The lowest BCUT2D eigenvalue weighted by Gasteiger charge is -2.39. The quantitative estimate of drug-likeness (QED) is 0.204. The van der Waals surface area contributed by atoms with Crippen LogP contribution in [0, 0.1) is 11.3 Å². The molecule has 1 aliphatic heterocycles. The Labute approximate surface area is 172 Å². The molecule has 0 amide bonds. The maximum Gasteiger partial charge on any atom is 0.331 e. The molecule has 5 N–H and O–H groups in total. The molecule has 30 heavy (non-hydrogen) atoms. The van der Waals surface area contributed by atoms with Gasteiger partial charge in [-0.3, -0.25) is 0 Å². The van der Waals surface area contributed by atoms with Crippen LogP contribution in [0.25, 0.3) is 6.08 Å². The number of phenolic OH excluding ortho intramolecular Hbond substituents is 1. The van der Waals surface area contributed by atoms with Crippen LogP contribution in [-0.4, -0.2) is 82.0 Å². The van der Waals surface area contributed by atoms with E-state index in [9.17, 15) is 25.2 Å². The maximum atomic E-state index is 11.7. The molecule has 1 fully saturated rings. The molecule has 1 heterocycles. The van der Waals surface area contributed by atoms with E-state index in [4.69, 9.17) is 24.6 Å². The van der Waals surface area contributed by atoms with Crippen LogP contribution in [-0.2, 0) is 19.0 Å². The second-order valence-electron chi connectivity index (χ2n) is 6.40. The van der Waals surface area contributed by atoms with Gasteiger partial charge in [0.25, 0.3) is 0 Å². The number of benzene rings is 1. The van der Waals surface area contributed by atoms with Crippen molar-refractivity contribution in [3.05, 3.63) is 47.6 Å². The van der Waals surface area contributed by atoms with Crippen LogP contribution >= 0.6 is 0 Å². The SMILES string of the molecule is N#C/C(=C/CO[C@@H]1O[C@H](CO)[C@@H](O)[C@H](O)[C@H]1O)COC(=O)/C=C/c1ccc(O)cc1. The molecular weight excluding hydrogens is 398 g/mol. The first kappa shape index (κ1) is 23.5. The number of aliphatic hydroxyl groups excluding tert-OH is 4. The smallest absolute Gasteiger partial charge is 0.331 e. The zero-order chi connectivity index (χ0) is 22.1. The van der Waals surface area contributed by atoms with E-state index in [-0.39, 0.29) is 24.5 Å². The van der Waals surface area contributed by atoms with Crippen LogP contribution in [0.5, 0.6) is 5.75 Å².